The molecule has 1 fully saturated rings. The Morgan fingerprint density at radius 2 is 1.49 bits per heavy atom. The van der Waals surface area contributed by atoms with Crippen molar-refractivity contribution in [3.63, 3.8) is 0 Å². The van der Waals surface area contributed by atoms with Crippen molar-refractivity contribution in [1.82, 2.24) is 4.90 Å². The number of ether oxygens (including phenoxy) is 1. The first-order valence-corrected chi connectivity index (χ1v) is 12.0. The number of esters is 1. The molecule has 1 heterocycles. The third-order valence-corrected chi connectivity index (χ3v) is 6.35. The average molecular weight is 472 g/mol. The lowest BCUT2D eigenvalue weighted by Gasteiger charge is -2.36. The van der Waals surface area contributed by atoms with Crippen molar-refractivity contribution in [2.75, 3.05) is 43.0 Å². The number of benzene rings is 3. The Labute approximate surface area is 207 Å². The number of hydrogen-bond donors (Lipinski definition) is 1. The summed E-state index contributed by atoms with van der Waals surface area (Å²) in [6.07, 6.45) is 0. The van der Waals surface area contributed by atoms with Gasteiger partial charge in [-0.3, -0.25) is 9.69 Å². The van der Waals surface area contributed by atoms with Crippen LogP contribution in [-0.4, -0.2) is 49.6 Å². The second-order valence-corrected chi connectivity index (χ2v) is 9.19. The fraction of sp³-hybridized carbons (Fsp3) is 0.310. The van der Waals surface area contributed by atoms with Gasteiger partial charge in [-0.05, 0) is 61.7 Å². The summed E-state index contributed by atoms with van der Waals surface area (Å²) in [7, 11) is 0. The van der Waals surface area contributed by atoms with Gasteiger partial charge in [0.2, 0.25) is 0 Å². The minimum absolute atomic E-state index is 0.323. The van der Waals surface area contributed by atoms with Crippen molar-refractivity contribution in [1.29, 1.82) is 0 Å². The molecule has 0 aliphatic carbocycles. The number of piperazine rings is 1. The minimum Gasteiger partial charge on any atom is -0.452 e. The first kappa shape index (κ1) is 24.5. The predicted molar refractivity (Wildman–Crippen MR) is 140 cm³/mol. The van der Waals surface area contributed by atoms with E-state index in [1.54, 1.807) is 0 Å². The number of nitrogens with one attached hydrogen (secondary N) is 1. The van der Waals surface area contributed by atoms with Crippen LogP contribution in [0.2, 0.25) is 0 Å². The fourth-order valence-corrected chi connectivity index (χ4v) is 4.66. The normalized spacial score (nSPS) is 14.0. The molecule has 0 radical (unpaired) electrons. The van der Waals surface area contributed by atoms with Crippen LogP contribution in [-0.2, 0) is 16.1 Å². The van der Waals surface area contributed by atoms with E-state index in [0.717, 1.165) is 55.1 Å². The lowest BCUT2D eigenvalue weighted by Crippen LogP contribution is -2.45. The highest BCUT2D eigenvalue weighted by Gasteiger charge is 2.18. The monoisotopic (exact) mass is 471 g/mol. The second kappa shape index (κ2) is 11.2. The van der Waals surface area contributed by atoms with Crippen molar-refractivity contribution in [3.8, 4) is 0 Å². The van der Waals surface area contributed by atoms with Crippen LogP contribution in [0.3, 0.4) is 0 Å². The van der Waals surface area contributed by atoms with Gasteiger partial charge in [0, 0.05) is 44.1 Å². The highest BCUT2D eigenvalue weighted by atomic mass is 16.5. The molecule has 0 bridgehead atoms. The standard InChI is InChI=1S/C29H33N3O3/c1-21-17-22(2)28(23(3)18-21)29(34)35-20-27(33)30-25-9-11-26(12-10-25)32-15-13-31(14-16-32)19-24-7-5-4-6-8-24/h4-12,17-18H,13-16,19-20H2,1-3H3,(H,30,33). The zero-order chi connectivity index (χ0) is 24.8. The number of aryl methyl sites for hydroxylation is 3. The molecule has 3 aromatic carbocycles. The van der Waals surface area contributed by atoms with Crippen LogP contribution in [0.5, 0.6) is 0 Å². The van der Waals surface area contributed by atoms with Crippen LogP contribution >= 0.6 is 0 Å². The summed E-state index contributed by atoms with van der Waals surface area (Å²) in [5, 5.41) is 2.81. The highest BCUT2D eigenvalue weighted by molar-refractivity contribution is 5.97. The molecule has 0 saturated carbocycles. The molecule has 182 valence electrons. The third-order valence-electron chi connectivity index (χ3n) is 6.35. The minimum atomic E-state index is -0.475. The number of rotatable bonds is 7. The second-order valence-electron chi connectivity index (χ2n) is 9.19. The van der Waals surface area contributed by atoms with Gasteiger partial charge in [0.1, 0.15) is 0 Å². The molecular formula is C29H33N3O3. The number of amides is 1. The van der Waals surface area contributed by atoms with Gasteiger partial charge in [0.15, 0.2) is 6.61 Å². The van der Waals surface area contributed by atoms with Crippen LogP contribution in [0, 0.1) is 20.8 Å². The fourth-order valence-electron chi connectivity index (χ4n) is 4.66. The Hall–Kier alpha value is -3.64. The van der Waals surface area contributed by atoms with Crippen LogP contribution in [0.4, 0.5) is 11.4 Å². The maximum atomic E-state index is 12.5. The predicted octanol–water partition coefficient (Wildman–Crippen LogP) is 4.73. The SMILES string of the molecule is Cc1cc(C)c(C(=O)OCC(=O)Nc2ccc(N3CCN(Cc4ccccc4)CC3)cc2)c(C)c1. The van der Waals surface area contributed by atoms with Crippen molar-refractivity contribution in [3.05, 3.63) is 94.5 Å². The Morgan fingerprint density at radius 1 is 0.857 bits per heavy atom. The van der Waals surface area contributed by atoms with Crippen LogP contribution in [0.1, 0.15) is 32.6 Å². The molecule has 35 heavy (non-hydrogen) atoms. The highest BCUT2D eigenvalue weighted by Crippen LogP contribution is 2.21. The molecule has 0 unspecified atom stereocenters. The summed E-state index contributed by atoms with van der Waals surface area (Å²) in [5.74, 6) is -0.833. The zero-order valence-corrected chi connectivity index (χ0v) is 20.7. The molecule has 6 heteroatoms. The summed E-state index contributed by atoms with van der Waals surface area (Å²) < 4.78 is 5.27. The van der Waals surface area contributed by atoms with Crippen LogP contribution in [0.25, 0.3) is 0 Å². The van der Waals surface area contributed by atoms with E-state index in [0.29, 0.717) is 11.3 Å². The van der Waals surface area contributed by atoms with E-state index < -0.39 is 5.97 Å². The molecule has 0 aromatic heterocycles. The first-order valence-electron chi connectivity index (χ1n) is 12.0. The number of anilines is 2. The van der Waals surface area contributed by atoms with Gasteiger partial charge in [0.05, 0.1) is 5.56 Å². The van der Waals surface area contributed by atoms with Gasteiger partial charge in [-0.2, -0.15) is 0 Å². The van der Waals surface area contributed by atoms with Crippen LogP contribution < -0.4 is 10.2 Å². The Bertz CT molecular complexity index is 1140. The average Bonchev–Trinajstić information content (AvgIpc) is 2.84. The van der Waals surface area contributed by atoms with Crippen LogP contribution in [0.15, 0.2) is 66.7 Å². The largest absolute Gasteiger partial charge is 0.452 e. The van der Waals surface area contributed by atoms with Crippen molar-refractivity contribution < 1.29 is 14.3 Å². The molecule has 4 rings (SSSR count). The van der Waals surface area contributed by atoms with Crippen molar-refractivity contribution in [2.24, 2.45) is 0 Å². The van der Waals surface area contributed by atoms with E-state index in [-0.39, 0.29) is 12.5 Å². The van der Waals surface area contributed by atoms with Crippen molar-refractivity contribution in [2.45, 2.75) is 27.3 Å². The number of carbonyl (C=O) groups is 2. The molecule has 1 aliphatic rings. The third kappa shape index (κ3) is 6.49. The van der Waals surface area contributed by atoms with Gasteiger partial charge in [0.25, 0.3) is 5.91 Å². The summed E-state index contributed by atoms with van der Waals surface area (Å²) in [6, 6.07) is 22.3. The molecular weight excluding hydrogens is 438 g/mol. The van der Waals surface area contributed by atoms with Gasteiger partial charge in [-0.25, -0.2) is 4.79 Å². The molecule has 1 saturated heterocycles. The summed E-state index contributed by atoms with van der Waals surface area (Å²) >= 11 is 0. The molecule has 6 nitrogen and oxygen atoms in total. The summed E-state index contributed by atoms with van der Waals surface area (Å²) in [4.78, 5) is 29.7. The lowest BCUT2D eigenvalue weighted by molar-refractivity contribution is -0.119. The zero-order valence-electron chi connectivity index (χ0n) is 20.7. The number of nitrogens with zero attached hydrogens (tertiary/aromatic N) is 2. The maximum absolute atomic E-state index is 12.5. The topological polar surface area (TPSA) is 61.9 Å². The quantitative estimate of drug-likeness (QED) is 0.505. The lowest BCUT2D eigenvalue weighted by atomic mass is 10.00. The Morgan fingerprint density at radius 3 is 2.11 bits per heavy atom. The smallest absolute Gasteiger partial charge is 0.339 e. The molecule has 0 spiro atoms. The summed E-state index contributed by atoms with van der Waals surface area (Å²) in [6.45, 7) is 10.3. The molecule has 3 aromatic rings. The van der Waals surface area contributed by atoms with Gasteiger partial charge in [-0.15, -0.1) is 0 Å². The number of hydrogen-bond acceptors (Lipinski definition) is 5. The first-order chi connectivity index (χ1) is 16.9. The molecule has 1 aliphatic heterocycles. The van der Waals surface area contributed by atoms with Crippen molar-refractivity contribution >= 4 is 23.3 Å². The Kier molecular flexibility index (Phi) is 7.83. The van der Waals surface area contributed by atoms with Gasteiger partial charge >= 0.3 is 5.97 Å². The van der Waals surface area contributed by atoms with E-state index in [4.69, 9.17) is 4.74 Å². The number of carbonyl (C=O) groups excluding carboxylic acids is 2. The maximum Gasteiger partial charge on any atom is 0.339 e. The summed E-state index contributed by atoms with van der Waals surface area (Å²) in [5.41, 5.74) is 6.48. The van der Waals surface area contributed by atoms with E-state index in [1.165, 1.54) is 5.56 Å². The Balaban J connectivity index is 1.24. The van der Waals surface area contributed by atoms with Gasteiger partial charge < -0.3 is 15.0 Å². The van der Waals surface area contributed by atoms with Gasteiger partial charge in [-0.1, -0.05) is 48.0 Å². The van der Waals surface area contributed by atoms with E-state index in [2.05, 4.69) is 39.4 Å². The molecule has 1 amide bonds. The van der Waals surface area contributed by atoms with E-state index in [1.807, 2.05) is 63.2 Å². The molecule has 1 N–H and O–H groups in total. The van der Waals surface area contributed by atoms with E-state index >= 15 is 0 Å². The molecule has 0 atom stereocenters. The van der Waals surface area contributed by atoms with E-state index in [9.17, 15) is 9.59 Å².